The van der Waals surface area contributed by atoms with Gasteiger partial charge < -0.3 is 10.6 Å². The molecule has 4 aliphatic rings. The Labute approximate surface area is 99.0 Å². The summed E-state index contributed by atoms with van der Waals surface area (Å²) in [5.41, 5.74) is 6.17. The molecule has 0 aromatic heterocycles. The summed E-state index contributed by atoms with van der Waals surface area (Å²) in [5, 5.41) is 0. The van der Waals surface area contributed by atoms with Crippen molar-refractivity contribution in [2.45, 2.75) is 38.3 Å². The van der Waals surface area contributed by atoms with E-state index < -0.39 is 0 Å². The quantitative estimate of drug-likeness (QED) is 0.712. The third-order valence-electron chi connectivity index (χ3n) is 4.81. The van der Waals surface area contributed by atoms with Crippen molar-refractivity contribution in [3.8, 4) is 0 Å². The fourth-order valence-corrected chi connectivity index (χ4v) is 4.06. The zero-order valence-electron chi connectivity index (χ0n) is 10.4. The molecule has 4 heterocycles. The van der Waals surface area contributed by atoms with Crippen LogP contribution in [0, 0.1) is 11.8 Å². The van der Waals surface area contributed by atoms with Gasteiger partial charge in [-0.25, -0.2) is 0 Å². The lowest BCUT2D eigenvalue weighted by Gasteiger charge is -2.51. The van der Waals surface area contributed by atoms with Crippen LogP contribution < -0.4 is 5.73 Å². The van der Waals surface area contributed by atoms with E-state index in [2.05, 4.69) is 16.7 Å². The summed E-state index contributed by atoms with van der Waals surface area (Å²) in [7, 11) is 0. The van der Waals surface area contributed by atoms with Crippen molar-refractivity contribution in [3.63, 3.8) is 0 Å². The van der Waals surface area contributed by atoms with Gasteiger partial charge in [-0.05, 0) is 44.2 Å². The van der Waals surface area contributed by atoms with Crippen LogP contribution in [0.1, 0.15) is 26.2 Å². The topological polar surface area (TPSA) is 32.5 Å². The number of fused-ring (bicyclic) bond motifs is 3. The fourth-order valence-electron chi connectivity index (χ4n) is 4.06. The van der Waals surface area contributed by atoms with Gasteiger partial charge in [0.05, 0.1) is 0 Å². The standard InChI is InChI=1S/C13H25N3/c1-10-6-12(14)8-16(7-10)13-9-15-4-2-11(13)3-5-15/h10-13H,2-9,14H2,1H3. The van der Waals surface area contributed by atoms with Crippen LogP contribution in [-0.4, -0.2) is 54.6 Å². The number of likely N-dealkylation sites (tertiary alicyclic amines) is 1. The van der Waals surface area contributed by atoms with Crippen LogP contribution in [0.5, 0.6) is 0 Å². The average molecular weight is 223 g/mol. The maximum Gasteiger partial charge on any atom is 0.0253 e. The minimum atomic E-state index is 0.416. The van der Waals surface area contributed by atoms with E-state index in [1.165, 1.54) is 45.4 Å². The van der Waals surface area contributed by atoms with Gasteiger partial charge in [-0.1, -0.05) is 6.92 Å². The summed E-state index contributed by atoms with van der Waals surface area (Å²) in [6.45, 7) is 8.77. The van der Waals surface area contributed by atoms with Crippen LogP contribution in [0.4, 0.5) is 0 Å². The maximum absolute atomic E-state index is 6.17. The molecule has 3 atom stereocenters. The smallest absolute Gasteiger partial charge is 0.0253 e. The number of nitrogens with two attached hydrogens (primary N) is 1. The average Bonchev–Trinajstić information content (AvgIpc) is 2.29. The summed E-state index contributed by atoms with van der Waals surface area (Å²) in [6.07, 6.45) is 4.06. The van der Waals surface area contributed by atoms with Crippen molar-refractivity contribution in [2.24, 2.45) is 17.6 Å². The number of nitrogens with zero attached hydrogens (tertiary/aromatic N) is 2. The Balaban J connectivity index is 1.68. The Bertz CT molecular complexity index is 238. The molecule has 4 aliphatic heterocycles. The molecule has 0 amide bonds. The van der Waals surface area contributed by atoms with Crippen LogP contribution in [0.3, 0.4) is 0 Å². The Kier molecular flexibility index (Phi) is 2.94. The van der Waals surface area contributed by atoms with Crippen molar-refractivity contribution in [2.75, 3.05) is 32.7 Å². The van der Waals surface area contributed by atoms with Gasteiger partial charge in [0.15, 0.2) is 0 Å². The second-order valence-electron chi connectivity index (χ2n) is 6.26. The molecule has 4 fully saturated rings. The lowest BCUT2D eigenvalue weighted by molar-refractivity contribution is -0.0143. The predicted molar refractivity (Wildman–Crippen MR) is 66.3 cm³/mol. The van der Waals surface area contributed by atoms with Gasteiger partial charge in [-0.3, -0.25) is 4.90 Å². The monoisotopic (exact) mass is 223 g/mol. The number of rotatable bonds is 1. The van der Waals surface area contributed by atoms with Gasteiger partial charge in [0.1, 0.15) is 0 Å². The first-order chi connectivity index (χ1) is 7.72. The summed E-state index contributed by atoms with van der Waals surface area (Å²) in [4.78, 5) is 5.35. The first-order valence-electron chi connectivity index (χ1n) is 6.94. The van der Waals surface area contributed by atoms with Crippen molar-refractivity contribution >= 4 is 0 Å². The van der Waals surface area contributed by atoms with Crippen LogP contribution in [0.25, 0.3) is 0 Å². The van der Waals surface area contributed by atoms with E-state index in [1.807, 2.05) is 0 Å². The molecule has 2 bridgehead atoms. The molecule has 0 aromatic rings. The van der Waals surface area contributed by atoms with Crippen LogP contribution in [0.15, 0.2) is 0 Å². The van der Waals surface area contributed by atoms with Crippen molar-refractivity contribution in [3.05, 3.63) is 0 Å². The molecule has 3 nitrogen and oxygen atoms in total. The highest BCUT2D eigenvalue weighted by atomic mass is 15.3. The van der Waals surface area contributed by atoms with Crippen LogP contribution in [0.2, 0.25) is 0 Å². The van der Waals surface area contributed by atoms with Crippen LogP contribution >= 0.6 is 0 Å². The number of piperidine rings is 4. The highest BCUT2D eigenvalue weighted by Gasteiger charge is 2.39. The first kappa shape index (κ1) is 11.0. The molecule has 0 aliphatic carbocycles. The molecule has 3 heteroatoms. The van der Waals surface area contributed by atoms with Gasteiger partial charge in [-0.15, -0.1) is 0 Å². The Hall–Kier alpha value is -0.120. The zero-order chi connectivity index (χ0) is 11.1. The van der Waals surface area contributed by atoms with E-state index in [0.29, 0.717) is 6.04 Å². The SMILES string of the molecule is CC1CC(N)CN(C2CN3CCC2CC3)C1. The molecule has 92 valence electrons. The summed E-state index contributed by atoms with van der Waals surface area (Å²) < 4.78 is 0. The normalized spacial score (nSPS) is 49.5. The summed E-state index contributed by atoms with van der Waals surface area (Å²) >= 11 is 0. The molecular formula is C13H25N3. The van der Waals surface area contributed by atoms with E-state index in [4.69, 9.17) is 5.73 Å². The van der Waals surface area contributed by atoms with E-state index in [1.54, 1.807) is 0 Å². The summed E-state index contributed by atoms with van der Waals surface area (Å²) in [6, 6.07) is 1.23. The molecule has 2 N–H and O–H groups in total. The van der Waals surface area contributed by atoms with Gasteiger partial charge in [-0.2, -0.15) is 0 Å². The van der Waals surface area contributed by atoms with E-state index in [0.717, 1.165) is 24.4 Å². The van der Waals surface area contributed by atoms with Crippen molar-refractivity contribution in [1.29, 1.82) is 0 Å². The third kappa shape index (κ3) is 2.01. The Morgan fingerprint density at radius 2 is 1.81 bits per heavy atom. The second kappa shape index (κ2) is 4.28. The van der Waals surface area contributed by atoms with Gasteiger partial charge in [0, 0.05) is 31.7 Å². The molecule has 3 unspecified atom stereocenters. The second-order valence-corrected chi connectivity index (χ2v) is 6.26. The maximum atomic E-state index is 6.17. The Morgan fingerprint density at radius 3 is 2.38 bits per heavy atom. The minimum Gasteiger partial charge on any atom is -0.327 e. The highest BCUT2D eigenvalue weighted by molar-refractivity contribution is 4.95. The molecule has 0 radical (unpaired) electrons. The highest BCUT2D eigenvalue weighted by Crippen LogP contribution is 2.32. The third-order valence-corrected chi connectivity index (χ3v) is 4.81. The molecule has 0 aromatic carbocycles. The number of hydrogen-bond acceptors (Lipinski definition) is 3. The van der Waals surface area contributed by atoms with Gasteiger partial charge in [0.25, 0.3) is 0 Å². The lowest BCUT2D eigenvalue weighted by atomic mass is 9.81. The van der Waals surface area contributed by atoms with Crippen molar-refractivity contribution in [1.82, 2.24) is 9.80 Å². The first-order valence-corrected chi connectivity index (χ1v) is 6.94. The Morgan fingerprint density at radius 1 is 1.06 bits per heavy atom. The number of hydrogen-bond donors (Lipinski definition) is 1. The molecule has 4 saturated heterocycles. The van der Waals surface area contributed by atoms with E-state index in [9.17, 15) is 0 Å². The van der Waals surface area contributed by atoms with Gasteiger partial charge >= 0.3 is 0 Å². The lowest BCUT2D eigenvalue weighted by Crippen LogP contribution is -2.61. The van der Waals surface area contributed by atoms with Crippen molar-refractivity contribution < 1.29 is 0 Å². The molecular weight excluding hydrogens is 198 g/mol. The predicted octanol–water partition coefficient (Wildman–Crippen LogP) is 0.750. The summed E-state index contributed by atoms with van der Waals surface area (Å²) in [5.74, 6) is 1.75. The minimum absolute atomic E-state index is 0.416. The molecule has 4 rings (SSSR count). The fraction of sp³-hybridized carbons (Fsp3) is 1.00. The van der Waals surface area contributed by atoms with Gasteiger partial charge in [0.2, 0.25) is 0 Å². The van der Waals surface area contributed by atoms with E-state index in [-0.39, 0.29) is 0 Å². The molecule has 0 spiro atoms. The zero-order valence-corrected chi connectivity index (χ0v) is 10.4. The van der Waals surface area contributed by atoms with Crippen LogP contribution in [-0.2, 0) is 0 Å². The molecule has 16 heavy (non-hydrogen) atoms. The van der Waals surface area contributed by atoms with E-state index >= 15 is 0 Å². The molecule has 0 saturated carbocycles. The largest absolute Gasteiger partial charge is 0.327 e.